The highest BCUT2D eigenvalue weighted by molar-refractivity contribution is 5.84. The predicted octanol–water partition coefficient (Wildman–Crippen LogP) is 1.61. The zero-order valence-corrected chi connectivity index (χ0v) is 13.2. The Morgan fingerprint density at radius 3 is 2.87 bits per heavy atom. The monoisotopic (exact) mass is 313 g/mol. The van der Waals surface area contributed by atoms with E-state index in [2.05, 4.69) is 57.7 Å². The number of fused-ring (bicyclic) bond motifs is 1. The van der Waals surface area contributed by atoms with Crippen molar-refractivity contribution in [3.8, 4) is 0 Å². The Balaban J connectivity index is 1.53. The molecule has 1 heterocycles. The zero-order chi connectivity index (χ0) is 15.9. The van der Waals surface area contributed by atoms with Gasteiger partial charge in [-0.05, 0) is 22.4 Å². The quantitative estimate of drug-likeness (QED) is 0.763. The minimum atomic E-state index is 0.0706. The van der Waals surface area contributed by atoms with Gasteiger partial charge in [-0.1, -0.05) is 36.4 Å². The van der Waals surface area contributed by atoms with Gasteiger partial charge >= 0.3 is 0 Å². The molecular weight excluding hydrogens is 290 g/mol. The van der Waals surface area contributed by atoms with Gasteiger partial charge in [0.2, 0.25) is 0 Å². The maximum absolute atomic E-state index is 8.72. The fraction of sp³-hybridized carbons (Fsp3) is 0.389. The molecule has 1 aliphatic heterocycles. The summed E-state index contributed by atoms with van der Waals surface area (Å²) in [6.07, 6.45) is 0. The van der Waals surface area contributed by atoms with E-state index in [4.69, 9.17) is 9.84 Å². The summed E-state index contributed by atoms with van der Waals surface area (Å²) in [5.74, 6) is 0.936. The van der Waals surface area contributed by atoms with Gasteiger partial charge < -0.3 is 20.1 Å². The number of rotatable bonds is 7. The highest BCUT2D eigenvalue weighted by Crippen LogP contribution is 2.15. The summed E-state index contributed by atoms with van der Waals surface area (Å²) in [7, 11) is 0. The highest BCUT2D eigenvalue weighted by atomic mass is 16.5. The molecule has 5 heteroatoms. The lowest BCUT2D eigenvalue weighted by Crippen LogP contribution is -2.40. The van der Waals surface area contributed by atoms with Crippen molar-refractivity contribution in [3.05, 3.63) is 48.0 Å². The number of nitrogens with one attached hydrogen (secondary N) is 1. The van der Waals surface area contributed by atoms with E-state index in [0.29, 0.717) is 13.2 Å². The average Bonchev–Trinajstić information content (AvgIpc) is 3.04. The fourth-order valence-corrected chi connectivity index (χ4v) is 2.74. The number of nitrogens with zero attached hydrogens (tertiary/aromatic N) is 2. The summed E-state index contributed by atoms with van der Waals surface area (Å²) in [6, 6.07) is 14.9. The van der Waals surface area contributed by atoms with Crippen LogP contribution in [0, 0.1) is 0 Å². The van der Waals surface area contributed by atoms with E-state index < -0.39 is 0 Å². The van der Waals surface area contributed by atoms with Crippen molar-refractivity contribution in [1.29, 1.82) is 0 Å². The first-order valence-electron chi connectivity index (χ1n) is 8.06. The molecule has 0 saturated heterocycles. The van der Waals surface area contributed by atoms with Crippen molar-refractivity contribution in [1.82, 2.24) is 10.2 Å². The molecule has 0 atom stereocenters. The van der Waals surface area contributed by atoms with Gasteiger partial charge in [0.25, 0.3) is 0 Å². The summed E-state index contributed by atoms with van der Waals surface area (Å²) >= 11 is 0. The Kier molecular flexibility index (Phi) is 5.45. The molecular formula is C18H23N3O2. The summed E-state index contributed by atoms with van der Waals surface area (Å²) in [5.41, 5.74) is 1.25. The van der Waals surface area contributed by atoms with Crippen LogP contribution >= 0.6 is 0 Å². The van der Waals surface area contributed by atoms with Gasteiger partial charge in [-0.25, -0.2) is 0 Å². The Hall–Kier alpha value is -2.11. The van der Waals surface area contributed by atoms with Crippen molar-refractivity contribution >= 4 is 16.7 Å². The molecule has 2 aromatic carbocycles. The van der Waals surface area contributed by atoms with E-state index in [1.165, 1.54) is 16.3 Å². The molecule has 0 radical (unpaired) electrons. The number of hydrogen-bond donors (Lipinski definition) is 2. The van der Waals surface area contributed by atoms with Crippen LogP contribution in [0.5, 0.6) is 0 Å². The lowest BCUT2D eigenvalue weighted by atomic mass is 10.1. The lowest BCUT2D eigenvalue weighted by molar-refractivity contribution is 0.0849. The molecule has 0 aliphatic carbocycles. The summed E-state index contributed by atoms with van der Waals surface area (Å²) < 4.78 is 5.33. The van der Waals surface area contributed by atoms with Gasteiger partial charge in [-0.2, -0.15) is 0 Å². The van der Waals surface area contributed by atoms with E-state index in [9.17, 15) is 0 Å². The Morgan fingerprint density at radius 2 is 2.00 bits per heavy atom. The van der Waals surface area contributed by atoms with Gasteiger partial charge in [-0.15, -0.1) is 0 Å². The smallest absolute Gasteiger partial charge is 0.194 e. The highest BCUT2D eigenvalue weighted by Gasteiger charge is 2.15. The predicted molar refractivity (Wildman–Crippen MR) is 92.6 cm³/mol. The first kappa shape index (κ1) is 15.8. The average molecular weight is 313 g/mol. The molecule has 0 bridgehead atoms. The molecule has 0 unspecified atom stereocenters. The standard InChI is InChI=1S/C18H23N3O2/c22-10-12-23-11-9-21-8-7-19-18(21)20-14-15-5-6-16-3-1-2-4-17(16)13-15/h1-6,13,22H,7-12,14H2,(H,19,20). The molecule has 2 N–H and O–H groups in total. The van der Waals surface area contributed by atoms with Crippen molar-refractivity contribution < 1.29 is 9.84 Å². The van der Waals surface area contributed by atoms with Crippen LogP contribution in [-0.4, -0.2) is 55.4 Å². The minimum absolute atomic E-state index is 0.0706. The van der Waals surface area contributed by atoms with Crippen molar-refractivity contribution in [2.24, 2.45) is 4.99 Å². The molecule has 0 saturated carbocycles. The van der Waals surface area contributed by atoms with Crippen LogP contribution in [-0.2, 0) is 11.3 Å². The topological polar surface area (TPSA) is 57.1 Å². The Morgan fingerprint density at radius 1 is 1.13 bits per heavy atom. The van der Waals surface area contributed by atoms with Crippen molar-refractivity contribution in [2.75, 3.05) is 39.5 Å². The molecule has 5 nitrogen and oxygen atoms in total. The molecule has 0 spiro atoms. The first-order valence-corrected chi connectivity index (χ1v) is 8.06. The second kappa shape index (κ2) is 7.94. The third-order valence-electron chi connectivity index (χ3n) is 3.94. The molecule has 0 aromatic heterocycles. The maximum atomic E-state index is 8.72. The summed E-state index contributed by atoms with van der Waals surface area (Å²) in [5, 5.41) is 14.7. The molecule has 0 amide bonds. The van der Waals surface area contributed by atoms with E-state index in [1.807, 2.05) is 0 Å². The molecule has 2 aromatic rings. The first-order chi connectivity index (χ1) is 11.4. The maximum Gasteiger partial charge on any atom is 0.194 e. The third kappa shape index (κ3) is 4.21. The Bertz CT molecular complexity index is 672. The number of aliphatic imine (C=N–C) groups is 1. The number of aliphatic hydroxyl groups is 1. The molecule has 122 valence electrons. The zero-order valence-electron chi connectivity index (χ0n) is 13.2. The van der Waals surface area contributed by atoms with Gasteiger partial charge in [0.15, 0.2) is 5.96 Å². The van der Waals surface area contributed by atoms with Crippen molar-refractivity contribution in [2.45, 2.75) is 6.54 Å². The van der Waals surface area contributed by atoms with Crippen LogP contribution in [0.2, 0.25) is 0 Å². The molecule has 3 rings (SSSR count). The van der Waals surface area contributed by atoms with E-state index in [-0.39, 0.29) is 6.61 Å². The Labute approximate surface area is 136 Å². The van der Waals surface area contributed by atoms with E-state index in [0.717, 1.165) is 32.1 Å². The third-order valence-corrected chi connectivity index (χ3v) is 3.94. The van der Waals surface area contributed by atoms with E-state index >= 15 is 0 Å². The van der Waals surface area contributed by atoms with Gasteiger partial charge in [-0.3, -0.25) is 4.99 Å². The summed E-state index contributed by atoms with van der Waals surface area (Å²) in [4.78, 5) is 6.71. The SMILES string of the molecule is OCCOCCN1CCN=C1NCc1ccc2ccccc2c1. The molecule has 23 heavy (non-hydrogen) atoms. The van der Waals surface area contributed by atoms with Crippen LogP contribution in [0.3, 0.4) is 0 Å². The summed E-state index contributed by atoms with van der Waals surface area (Å²) in [6.45, 7) is 4.37. The van der Waals surface area contributed by atoms with Crippen LogP contribution in [0.4, 0.5) is 0 Å². The molecule has 0 fully saturated rings. The number of aliphatic hydroxyl groups excluding tert-OH is 1. The minimum Gasteiger partial charge on any atom is -0.394 e. The van der Waals surface area contributed by atoms with Crippen molar-refractivity contribution in [3.63, 3.8) is 0 Å². The van der Waals surface area contributed by atoms with Gasteiger partial charge in [0.05, 0.1) is 26.4 Å². The number of hydrogen-bond acceptors (Lipinski definition) is 5. The number of ether oxygens (including phenoxy) is 1. The lowest BCUT2D eigenvalue weighted by Gasteiger charge is -2.21. The fourth-order valence-electron chi connectivity index (χ4n) is 2.74. The van der Waals surface area contributed by atoms with Crippen LogP contribution in [0.25, 0.3) is 10.8 Å². The normalized spacial score (nSPS) is 14.3. The van der Waals surface area contributed by atoms with E-state index in [1.54, 1.807) is 0 Å². The van der Waals surface area contributed by atoms with Gasteiger partial charge in [0, 0.05) is 19.6 Å². The second-order valence-electron chi connectivity index (χ2n) is 5.56. The van der Waals surface area contributed by atoms with Crippen LogP contribution in [0.1, 0.15) is 5.56 Å². The number of guanidine groups is 1. The van der Waals surface area contributed by atoms with Gasteiger partial charge in [0.1, 0.15) is 0 Å². The largest absolute Gasteiger partial charge is 0.394 e. The molecule has 1 aliphatic rings. The second-order valence-corrected chi connectivity index (χ2v) is 5.56. The van der Waals surface area contributed by atoms with Crippen LogP contribution < -0.4 is 5.32 Å². The van der Waals surface area contributed by atoms with Crippen LogP contribution in [0.15, 0.2) is 47.5 Å². The number of benzene rings is 2.